The summed E-state index contributed by atoms with van der Waals surface area (Å²) in [4.78, 5) is 10.3. The van der Waals surface area contributed by atoms with Crippen molar-refractivity contribution < 1.29 is 10.0 Å². The summed E-state index contributed by atoms with van der Waals surface area (Å²) < 4.78 is 0.842. The van der Waals surface area contributed by atoms with Gasteiger partial charge in [0.05, 0.1) is 4.92 Å². The molecule has 0 radical (unpaired) electrons. The number of aliphatic hydroxyl groups is 1. The zero-order chi connectivity index (χ0) is 13.8. The molecule has 0 heterocycles. The maximum Gasteiger partial charge on any atom is 0.270 e. The van der Waals surface area contributed by atoms with Crippen molar-refractivity contribution in [2.24, 2.45) is 5.92 Å². The lowest BCUT2D eigenvalue weighted by atomic mass is 9.85. The third-order valence-corrected chi connectivity index (χ3v) is 4.54. The second kappa shape index (κ2) is 6.51. The molecule has 5 nitrogen and oxygen atoms in total. The Morgan fingerprint density at radius 3 is 2.79 bits per heavy atom. The molecule has 0 spiro atoms. The van der Waals surface area contributed by atoms with Crippen LogP contribution in [-0.4, -0.2) is 22.7 Å². The quantitative estimate of drug-likeness (QED) is 0.481. The van der Waals surface area contributed by atoms with E-state index in [2.05, 4.69) is 27.9 Å². The van der Waals surface area contributed by atoms with E-state index in [4.69, 9.17) is 0 Å². The van der Waals surface area contributed by atoms with Crippen LogP contribution in [0, 0.1) is 19.6 Å². The number of nitrogens with zero attached hydrogens (tertiary/aromatic N) is 1. The normalized spacial score (nSPS) is 23.1. The predicted octanol–water partition coefficient (Wildman–Crippen LogP) is 3.16. The molecular weight excluding hydrogens is 359 g/mol. The molecule has 0 amide bonds. The standard InChI is InChI=1S/C13H17IN2O3/c14-11-7-10(16(18)19)5-6-13(11)15-12-4-2-1-3-9(12)8-17/h5-7,9,12,15,17H,1-4,8H2. The van der Waals surface area contributed by atoms with Crippen LogP contribution in [0.15, 0.2) is 18.2 Å². The van der Waals surface area contributed by atoms with Crippen LogP contribution >= 0.6 is 22.6 Å². The van der Waals surface area contributed by atoms with Gasteiger partial charge in [-0.1, -0.05) is 12.8 Å². The Balaban J connectivity index is 2.11. The minimum atomic E-state index is -0.386. The number of hydrogen-bond donors (Lipinski definition) is 2. The van der Waals surface area contributed by atoms with Crippen LogP contribution < -0.4 is 5.32 Å². The number of rotatable bonds is 4. The van der Waals surface area contributed by atoms with Gasteiger partial charge >= 0.3 is 0 Å². The molecule has 2 atom stereocenters. The average Bonchev–Trinajstić information content (AvgIpc) is 2.41. The minimum absolute atomic E-state index is 0.109. The number of hydrogen-bond acceptors (Lipinski definition) is 4. The zero-order valence-electron chi connectivity index (χ0n) is 10.5. The van der Waals surface area contributed by atoms with Gasteiger partial charge < -0.3 is 10.4 Å². The summed E-state index contributed by atoms with van der Waals surface area (Å²) in [5.41, 5.74) is 1.02. The maximum absolute atomic E-state index is 10.7. The fraction of sp³-hybridized carbons (Fsp3) is 0.538. The minimum Gasteiger partial charge on any atom is -0.396 e. The van der Waals surface area contributed by atoms with Crippen molar-refractivity contribution >= 4 is 34.0 Å². The largest absolute Gasteiger partial charge is 0.396 e. The number of nitro benzene ring substituents is 1. The molecule has 2 N–H and O–H groups in total. The molecular formula is C13H17IN2O3. The molecule has 0 aliphatic heterocycles. The number of nitrogens with one attached hydrogen (secondary N) is 1. The first-order valence-corrected chi connectivity index (χ1v) is 7.51. The molecule has 2 rings (SSSR count). The van der Waals surface area contributed by atoms with E-state index in [-0.39, 0.29) is 29.2 Å². The molecule has 104 valence electrons. The van der Waals surface area contributed by atoms with Gasteiger partial charge in [0.2, 0.25) is 0 Å². The molecule has 1 aliphatic carbocycles. The molecule has 0 bridgehead atoms. The Morgan fingerprint density at radius 1 is 1.42 bits per heavy atom. The maximum atomic E-state index is 10.7. The van der Waals surface area contributed by atoms with Gasteiger partial charge in [-0.3, -0.25) is 10.1 Å². The Morgan fingerprint density at radius 2 is 2.16 bits per heavy atom. The van der Waals surface area contributed by atoms with E-state index in [1.807, 2.05) is 0 Å². The Labute approximate surface area is 125 Å². The van der Waals surface area contributed by atoms with E-state index >= 15 is 0 Å². The van der Waals surface area contributed by atoms with Crippen LogP contribution in [0.2, 0.25) is 0 Å². The molecule has 0 aromatic heterocycles. The molecule has 6 heteroatoms. The fourth-order valence-corrected chi connectivity index (χ4v) is 3.21. The van der Waals surface area contributed by atoms with Crippen molar-refractivity contribution in [2.45, 2.75) is 31.7 Å². The molecule has 1 aliphatic rings. The van der Waals surface area contributed by atoms with Gasteiger partial charge in [0.15, 0.2) is 0 Å². The van der Waals surface area contributed by atoms with Crippen LogP contribution in [0.3, 0.4) is 0 Å². The summed E-state index contributed by atoms with van der Waals surface area (Å²) in [6, 6.07) is 5.10. The van der Waals surface area contributed by atoms with Crippen molar-refractivity contribution in [1.82, 2.24) is 0 Å². The van der Waals surface area contributed by atoms with Crippen LogP contribution in [0.4, 0.5) is 11.4 Å². The SMILES string of the molecule is O=[N+]([O-])c1ccc(NC2CCCCC2CO)c(I)c1. The van der Waals surface area contributed by atoms with Crippen molar-refractivity contribution in [3.63, 3.8) is 0 Å². The van der Waals surface area contributed by atoms with Gasteiger partial charge in [-0.2, -0.15) is 0 Å². The highest BCUT2D eigenvalue weighted by Crippen LogP contribution is 2.30. The molecule has 0 saturated heterocycles. The first kappa shape index (κ1) is 14.5. The van der Waals surface area contributed by atoms with Crippen molar-refractivity contribution in [3.05, 3.63) is 31.9 Å². The highest BCUT2D eigenvalue weighted by molar-refractivity contribution is 14.1. The molecule has 1 saturated carbocycles. The van der Waals surface area contributed by atoms with E-state index in [1.54, 1.807) is 12.1 Å². The first-order valence-electron chi connectivity index (χ1n) is 6.43. The highest BCUT2D eigenvalue weighted by atomic mass is 127. The fourth-order valence-electron chi connectivity index (χ4n) is 2.55. The number of aliphatic hydroxyl groups excluding tert-OH is 1. The summed E-state index contributed by atoms with van der Waals surface area (Å²) >= 11 is 2.11. The van der Waals surface area contributed by atoms with Crippen molar-refractivity contribution in [2.75, 3.05) is 11.9 Å². The third kappa shape index (κ3) is 3.56. The van der Waals surface area contributed by atoms with E-state index in [0.717, 1.165) is 28.5 Å². The van der Waals surface area contributed by atoms with Crippen LogP contribution in [-0.2, 0) is 0 Å². The molecule has 2 unspecified atom stereocenters. The van der Waals surface area contributed by atoms with E-state index in [0.29, 0.717) is 0 Å². The topological polar surface area (TPSA) is 75.4 Å². The van der Waals surface area contributed by atoms with Crippen molar-refractivity contribution in [1.29, 1.82) is 0 Å². The Hall–Kier alpha value is -0.890. The Bertz CT molecular complexity index is 467. The molecule has 1 aromatic carbocycles. The van der Waals surface area contributed by atoms with Gasteiger partial charge in [-0.15, -0.1) is 0 Å². The zero-order valence-corrected chi connectivity index (χ0v) is 12.7. The summed E-state index contributed by atoms with van der Waals surface area (Å²) in [5.74, 6) is 0.278. The number of nitro groups is 1. The highest BCUT2D eigenvalue weighted by Gasteiger charge is 2.25. The Kier molecular flexibility index (Phi) is 4.98. The van der Waals surface area contributed by atoms with Gasteiger partial charge in [-0.25, -0.2) is 0 Å². The number of halogens is 1. The number of non-ortho nitro benzene ring substituents is 1. The van der Waals surface area contributed by atoms with E-state index < -0.39 is 0 Å². The van der Waals surface area contributed by atoms with Gasteiger partial charge in [0.25, 0.3) is 5.69 Å². The van der Waals surface area contributed by atoms with E-state index in [9.17, 15) is 15.2 Å². The number of benzene rings is 1. The summed E-state index contributed by atoms with van der Waals surface area (Å²) in [5, 5.41) is 23.5. The summed E-state index contributed by atoms with van der Waals surface area (Å²) in [7, 11) is 0. The lowest BCUT2D eigenvalue weighted by molar-refractivity contribution is -0.384. The van der Waals surface area contributed by atoms with E-state index in [1.165, 1.54) is 12.5 Å². The van der Waals surface area contributed by atoms with Gasteiger partial charge in [0.1, 0.15) is 0 Å². The average molecular weight is 376 g/mol. The van der Waals surface area contributed by atoms with Gasteiger partial charge in [0, 0.05) is 40.0 Å². The predicted molar refractivity (Wildman–Crippen MR) is 82.3 cm³/mol. The molecule has 1 fully saturated rings. The summed E-state index contributed by atoms with van der Waals surface area (Å²) in [6.07, 6.45) is 4.41. The first-order chi connectivity index (χ1) is 9.11. The number of anilines is 1. The van der Waals surface area contributed by atoms with Crippen LogP contribution in [0.25, 0.3) is 0 Å². The van der Waals surface area contributed by atoms with Crippen LogP contribution in [0.5, 0.6) is 0 Å². The lowest BCUT2D eigenvalue weighted by Gasteiger charge is -2.32. The second-order valence-electron chi connectivity index (χ2n) is 4.90. The third-order valence-electron chi connectivity index (χ3n) is 3.65. The monoisotopic (exact) mass is 376 g/mol. The van der Waals surface area contributed by atoms with Gasteiger partial charge in [-0.05, 0) is 41.5 Å². The molecule has 19 heavy (non-hydrogen) atoms. The van der Waals surface area contributed by atoms with Crippen molar-refractivity contribution in [3.8, 4) is 0 Å². The second-order valence-corrected chi connectivity index (χ2v) is 6.06. The summed E-state index contributed by atoms with van der Waals surface area (Å²) in [6.45, 7) is 0.196. The van der Waals surface area contributed by atoms with Crippen LogP contribution in [0.1, 0.15) is 25.7 Å². The lowest BCUT2D eigenvalue weighted by Crippen LogP contribution is -2.34. The smallest absolute Gasteiger partial charge is 0.270 e. The molecule has 1 aromatic rings.